The molecule has 0 heterocycles. The summed E-state index contributed by atoms with van der Waals surface area (Å²) in [7, 11) is 0. The molecule has 1 heteroatoms. The van der Waals surface area contributed by atoms with Crippen LogP contribution in [0.4, 0.5) is 0 Å². The first-order chi connectivity index (χ1) is 3.81. The zero-order valence-corrected chi connectivity index (χ0v) is 5.52. The van der Waals surface area contributed by atoms with E-state index in [1.54, 1.807) is 0 Å². The lowest BCUT2D eigenvalue weighted by molar-refractivity contribution is 0.770. The fourth-order valence-electron chi connectivity index (χ4n) is 0.316. The van der Waals surface area contributed by atoms with Crippen LogP contribution in [0.25, 0.3) is 0 Å². The van der Waals surface area contributed by atoms with Gasteiger partial charge in [-0.25, -0.2) is 0 Å². The van der Waals surface area contributed by atoms with Crippen LogP contribution >= 0.6 is 0 Å². The number of hydrogen-bond acceptors (Lipinski definition) is 1. The average molecular weight is 111 g/mol. The minimum absolute atomic E-state index is 0.381. The van der Waals surface area contributed by atoms with Crippen molar-refractivity contribution in [2.45, 2.75) is 19.9 Å². The van der Waals surface area contributed by atoms with E-state index < -0.39 is 0 Å². The Morgan fingerprint density at radius 2 is 2.25 bits per heavy atom. The van der Waals surface area contributed by atoms with Crippen LogP contribution in [0.15, 0.2) is 24.9 Å². The van der Waals surface area contributed by atoms with E-state index in [2.05, 4.69) is 11.9 Å². The van der Waals surface area contributed by atoms with Crippen LogP contribution in [-0.2, 0) is 0 Å². The standard InChI is InChI=1S/C7H13N/c1-4-6-8-7(3)5-2/h4-8H,2H2,1,3H3/b6-4+. The van der Waals surface area contributed by atoms with Gasteiger partial charge in [0.15, 0.2) is 0 Å². The van der Waals surface area contributed by atoms with Gasteiger partial charge in [0.25, 0.3) is 0 Å². The van der Waals surface area contributed by atoms with Gasteiger partial charge in [0.2, 0.25) is 0 Å². The fraction of sp³-hybridized carbons (Fsp3) is 0.429. The topological polar surface area (TPSA) is 12.0 Å². The average Bonchev–Trinajstić information content (AvgIpc) is 1.83. The summed E-state index contributed by atoms with van der Waals surface area (Å²) in [5.41, 5.74) is 0. The van der Waals surface area contributed by atoms with Gasteiger partial charge in [0, 0.05) is 6.04 Å². The monoisotopic (exact) mass is 111 g/mol. The molecule has 0 aliphatic heterocycles. The van der Waals surface area contributed by atoms with Gasteiger partial charge in [-0.15, -0.1) is 6.58 Å². The van der Waals surface area contributed by atoms with Crippen molar-refractivity contribution in [3.05, 3.63) is 24.9 Å². The SMILES string of the molecule is C=CC(C)N/C=C/C. The molecule has 1 atom stereocenters. The number of hydrogen-bond donors (Lipinski definition) is 1. The van der Waals surface area contributed by atoms with Crippen LogP contribution in [0.3, 0.4) is 0 Å². The van der Waals surface area contributed by atoms with E-state index in [1.807, 2.05) is 32.2 Å². The van der Waals surface area contributed by atoms with E-state index in [-0.39, 0.29) is 0 Å². The molecule has 0 rings (SSSR count). The molecule has 0 aromatic carbocycles. The Labute approximate surface area is 51.1 Å². The molecule has 0 fully saturated rings. The molecule has 0 aliphatic rings. The van der Waals surface area contributed by atoms with Gasteiger partial charge >= 0.3 is 0 Å². The Kier molecular flexibility index (Phi) is 4.04. The smallest absolute Gasteiger partial charge is 0.0407 e. The first-order valence-corrected chi connectivity index (χ1v) is 2.81. The molecule has 0 aromatic heterocycles. The molecule has 0 spiro atoms. The lowest BCUT2D eigenvalue weighted by atomic mass is 10.3. The Hall–Kier alpha value is -0.720. The Bertz CT molecular complexity index is 84.4. The van der Waals surface area contributed by atoms with Crippen molar-refractivity contribution in [1.82, 2.24) is 5.32 Å². The molecule has 0 amide bonds. The lowest BCUT2D eigenvalue weighted by Gasteiger charge is -2.02. The van der Waals surface area contributed by atoms with E-state index >= 15 is 0 Å². The summed E-state index contributed by atoms with van der Waals surface area (Å²) in [4.78, 5) is 0. The van der Waals surface area contributed by atoms with Crippen LogP contribution in [0.5, 0.6) is 0 Å². The normalized spacial score (nSPS) is 13.8. The first kappa shape index (κ1) is 7.28. The van der Waals surface area contributed by atoms with Crippen molar-refractivity contribution in [3.63, 3.8) is 0 Å². The summed E-state index contributed by atoms with van der Waals surface area (Å²) in [5.74, 6) is 0. The van der Waals surface area contributed by atoms with Crippen molar-refractivity contribution >= 4 is 0 Å². The molecule has 1 N–H and O–H groups in total. The minimum atomic E-state index is 0.381. The van der Waals surface area contributed by atoms with Crippen molar-refractivity contribution in [2.24, 2.45) is 0 Å². The third-order valence-corrected chi connectivity index (χ3v) is 0.879. The largest absolute Gasteiger partial charge is 0.385 e. The highest BCUT2D eigenvalue weighted by atomic mass is 14.9. The maximum atomic E-state index is 3.62. The molecule has 0 aliphatic carbocycles. The third-order valence-electron chi connectivity index (χ3n) is 0.879. The van der Waals surface area contributed by atoms with E-state index in [4.69, 9.17) is 0 Å². The predicted octanol–water partition coefficient (Wildman–Crippen LogP) is 1.68. The van der Waals surface area contributed by atoms with Crippen LogP contribution in [0, 0.1) is 0 Å². The van der Waals surface area contributed by atoms with E-state index in [9.17, 15) is 0 Å². The molecule has 0 radical (unpaired) electrons. The summed E-state index contributed by atoms with van der Waals surface area (Å²) in [6, 6.07) is 0.381. The van der Waals surface area contributed by atoms with Crippen molar-refractivity contribution in [2.75, 3.05) is 0 Å². The Morgan fingerprint density at radius 1 is 1.62 bits per heavy atom. The van der Waals surface area contributed by atoms with Gasteiger partial charge < -0.3 is 5.32 Å². The van der Waals surface area contributed by atoms with E-state index in [1.165, 1.54) is 0 Å². The molecular formula is C7H13N. The Morgan fingerprint density at radius 3 is 2.62 bits per heavy atom. The highest BCUT2D eigenvalue weighted by Crippen LogP contribution is 1.79. The molecule has 0 saturated carbocycles. The second kappa shape index (κ2) is 4.44. The molecule has 1 nitrogen and oxygen atoms in total. The highest BCUT2D eigenvalue weighted by Gasteiger charge is 1.84. The molecule has 1 unspecified atom stereocenters. The van der Waals surface area contributed by atoms with E-state index in [0.717, 1.165) is 0 Å². The maximum Gasteiger partial charge on any atom is 0.0407 e. The molecule has 8 heavy (non-hydrogen) atoms. The van der Waals surface area contributed by atoms with Crippen molar-refractivity contribution < 1.29 is 0 Å². The summed E-state index contributed by atoms with van der Waals surface area (Å²) in [5, 5.41) is 3.08. The maximum absolute atomic E-state index is 3.62. The third kappa shape index (κ3) is 3.47. The quantitative estimate of drug-likeness (QED) is 0.546. The number of allylic oxidation sites excluding steroid dienone is 1. The summed E-state index contributed by atoms with van der Waals surface area (Å²) < 4.78 is 0. The zero-order valence-electron chi connectivity index (χ0n) is 5.52. The van der Waals surface area contributed by atoms with Gasteiger partial charge in [0.05, 0.1) is 0 Å². The molecule has 0 saturated heterocycles. The predicted molar refractivity (Wildman–Crippen MR) is 37.6 cm³/mol. The molecule has 0 aromatic rings. The van der Waals surface area contributed by atoms with Gasteiger partial charge in [-0.3, -0.25) is 0 Å². The summed E-state index contributed by atoms with van der Waals surface area (Å²) in [6.45, 7) is 7.64. The second-order valence-electron chi connectivity index (χ2n) is 1.69. The molecular weight excluding hydrogens is 98.1 g/mol. The van der Waals surface area contributed by atoms with Crippen molar-refractivity contribution in [3.8, 4) is 0 Å². The van der Waals surface area contributed by atoms with Crippen LogP contribution in [0.2, 0.25) is 0 Å². The van der Waals surface area contributed by atoms with Gasteiger partial charge in [0.1, 0.15) is 0 Å². The molecule has 0 bridgehead atoms. The first-order valence-electron chi connectivity index (χ1n) is 2.81. The van der Waals surface area contributed by atoms with Crippen LogP contribution in [0.1, 0.15) is 13.8 Å². The zero-order chi connectivity index (χ0) is 6.41. The van der Waals surface area contributed by atoms with Crippen molar-refractivity contribution in [1.29, 1.82) is 0 Å². The van der Waals surface area contributed by atoms with Gasteiger partial charge in [-0.2, -0.15) is 0 Å². The van der Waals surface area contributed by atoms with Crippen LogP contribution < -0.4 is 5.32 Å². The number of rotatable bonds is 3. The van der Waals surface area contributed by atoms with Gasteiger partial charge in [-0.1, -0.05) is 12.2 Å². The second-order valence-corrected chi connectivity index (χ2v) is 1.69. The highest BCUT2D eigenvalue weighted by molar-refractivity contribution is 4.87. The Balaban J connectivity index is 3.23. The van der Waals surface area contributed by atoms with Gasteiger partial charge in [-0.05, 0) is 20.0 Å². The minimum Gasteiger partial charge on any atom is -0.385 e. The number of nitrogens with one attached hydrogen (secondary N) is 1. The fourth-order valence-corrected chi connectivity index (χ4v) is 0.316. The van der Waals surface area contributed by atoms with Crippen LogP contribution in [-0.4, -0.2) is 6.04 Å². The summed E-state index contributed by atoms with van der Waals surface area (Å²) >= 11 is 0. The lowest BCUT2D eigenvalue weighted by Crippen LogP contribution is -2.16. The van der Waals surface area contributed by atoms with E-state index in [0.29, 0.717) is 6.04 Å². The molecule has 46 valence electrons. The summed E-state index contributed by atoms with van der Waals surface area (Å²) in [6.07, 6.45) is 5.73.